The summed E-state index contributed by atoms with van der Waals surface area (Å²) >= 11 is 0. The number of amides is 1. The molecule has 0 unspecified atom stereocenters. The van der Waals surface area contributed by atoms with E-state index in [2.05, 4.69) is 10.4 Å². The van der Waals surface area contributed by atoms with Gasteiger partial charge in [-0.1, -0.05) is 36.4 Å². The van der Waals surface area contributed by atoms with E-state index in [9.17, 15) is 19.7 Å². The number of benzene rings is 2. The van der Waals surface area contributed by atoms with Crippen LogP contribution in [0.1, 0.15) is 17.0 Å². The Bertz CT molecular complexity index is 1090. The van der Waals surface area contributed by atoms with Gasteiger partial charge in [-0.25, -0.2) is 4.68 Å². The topological polar surface area (TPSA) is 116 Å². The maximum Gasteiger partial charge on any atom is 0.311 e. The van der Waals surface area contributed by atoms with Gasteiger partial charge in [0.05, 0.1) is 34.1 Å². The average molecular weight is 408 g/mol. The number of nitrogens with zero attached hydrogens (tertiary/aromatic N) is 3. The lowest BCUT2D eigenvalue weighted by Crippen LogP contribution is -2.22. The zero-order valence-corrected chi connectivity index (χ0v) is 16.5. The number of aromatic nitrogens is 2. The molecule has 1 N–H and O–H groups in total. The number of carbonyl (C=O) groups excluding carboxylic acids is 2. The highest BCUT2D eigenvalue weighted by atomic mass is 16.6. The van der Waals surface area contributed by atoms with Crippen molar-refractivity contribution in [1.82, 2.24) is 9.78 Å². The van der Waals surface area contributed by atoms with Gasteiger partial charge in [0.25, 0.3) is 11.6 Å². The zero-order chi connectivity index (χ0) is 21.7. The Kier molecular flexibility index (Phi) is 6.21. The van der Waals surface area contributed by atoms with E-state index in [4.69, 9.17) is 4.74 Å². The molecule has 2 aromatic carbocycles. The predicted octanol–water partition coefficient (Wildman–Crippen LogP) is 3.12. The largest absolute Gasteiger partial charge is 0.455 e. The van der Waals surface area contributed by atoms with E-state index in [-0.39, 0.29) is 17.7 Å². The third-order valence-corrected chi connectivity index (χ3v) is 4.44. The smallest absolute Gasteiger partial charge is 0.311 e. The minimum absolute atomic E-state index is 0.168. The van der Waals surface area contributed by atoms with Crippen molar-refractivity contribution in [3.63, 3.8) is 0 Å². The minimum atomic E-state index is -0.729. The Morgan fingerprint density at radius 2 is 1.77 bits per heavy atom. The molecule has 9 heteroatoms. The van der Waals surface area contributed by atoms with Gasteiger partial charge in [-0.2, -0.15) is 5.10 Å². The number of para-hydroxylation sites is 2. The molecule has 0 aliphatic carbocycles. The normalized spacial score (nSPS) is 10.5. The number of esters is 1. The predicted molar refractivity (Wildman–Crippen MR) is 109 cm³/mol. The van der Waals surface area contributed by atoms with Gasteiger partial charge in [0.15, 0.2) is 6.61 Å². The van der Waals surface area contributed by atoms with Crippen molar-refractivity contribution in [2.75, 3.05) is 11.9 Å². The third-order valence-electron chi connectivity index (χ3n) is 4.44. The lowest BCUT2D eigenvalue weighted by molar-refractivity contribution is -0.385. The zero-order valence-electron chi connectivity index (χ0n) is 16.5. The SMILES string of the molecule is Cc1nn(-c2ccccc2)c(C)c1NC(=O)COC(=O)Cc1ccccc1[N+](=O)[O-]. The first-order chi connectivity index (χ1) is 14.4. The van der Waals surface area contributed by atoms with E-state index in [1.54, 1.807) is 17.7 Å². The van der Waals surface area contributed by atoms with Crippen molar-refractivity contribution < 1.29 is 19.2 Å². The molecule has 0 bridgehead atoms. The number of carbonyl (C=O) groups is 2. The van der Waals surface area contributed by atoms with Crippen LogP contribution in [0.5, 0.6) is 0 Å². The van der Waals surface area contributed by atoms with Gasteiger partial charge in [0.2, 0.25) is 0 Å². The van der Waals surface area contributed by atoms with Gasteiger partial charge >= 0.3 is 5.97 Å². The number of hydrogen-bond donors (Lipinski definition) is 1. The van der Waals surface area contributed by atoms with Gasteiger partial charge < -0.3 is 10.1 Å². The van der Waals surface area contributed by atoms with Crippen LogP contribution in [0.15, 0.2) is 54.6 Å². The Labute approximate surface area is 172 Å². The first-order valence-electron chi connectivity index (χ1n) is 9.16. The molecule has 0 spiro atoms. The number of anilines is 1. The molecule has 3 aromatic rings. The molecule has 0 radical (unpaired) electrons. The number of nitro groups is 1. The van der Waals surface area contributed by atoms with Gasteiger partial charge in [0, 0.05) is 11.6 Å². The minimum Gasteiger partial charge on any atom is -0.455 e. The molecule has 9 nitrogen and oxygen atoms in total. The van der Waals surface area contributed by atoms with E-state index >= 15 is 0 Å². The second-order valence-corrected chi connectivity index (χ2v) is 6.56. The fraction of sp³-hybridized carbons (Fsp3) is 0.190. The fourth-order valence-electron chi connectivity index (χ4n) is 3.01. The highest BCUT2D eigenvalue weighted by molar-refractivity contribution is 5.94. The van der Waals surface area contributed by atoms with Crippen molar-refractivity contribution in [1.29, 1.82) is 0 Å². The summed E-state index contributed by atoms with van der Waals surface area (Å²) in [5, 5.41) is 18.2. The van der Waals surface area contributed by atoms with Gasteiger partial charge in [0.1, 0.15) is 0 Å². The molecule has 30 heavy (non-hydrogen) atoms. The summed E-state index contributed by atoms with van der Waals surface area (Å²) in [6, 6.07) is 15.4. The van der Waals surface area contributed by atoms with Crippen molar-refractivity contribution in [2.45, 2.75) is 20.3 Å². The lowest BCUT2D eigenvalue weighted by Gasteiger charge is -2.08. The maximum atomic E-state index is 12.3. The Morgan fingerprint density at radius 3 is 2.47 bits per heavy atom. The second kappa shape index (κ2) is 8.99. The summed E-state index contributed by atoms with van der Waals surface area (Å²) in [6.07, 6.45) is -0.297. The van der Waals surface area contributed by atoms with Crippen molar-refractivity contribution >= 4 is 23.3 Å². The summed E-state index contributed by atoms with van der Waals surface area (Å²) in [6.45, 7) is 3.08. The number of hydrogen-bond acceptors (Lipinski definition) is 6. The molecule has 1 aromatic heterocycles. The molecule has 1 heterocycles. The molecule has 0 aliphatic heterocycles. The maximum absolute atomic E-state index is 12.3. The first-order valence-corrected chi connectivity index (χ1v) is 9.16. The van der Waals surface area contributed by atoms with Crippen LogP contribution in [0.25, 0.3) is 5.69 Å². The number of aryl methyl sites for hydroxylation is 1. The Morgan fingerprint density at radius 1 is 1.10 bits per heavy atom. The molecular weight excluding hydrogens is 388 g/mol. The van der Waals surface area contributed by atoms with E-state index in [0.29, 0.717) is 11.4 Å². The first kappa shape index (κ1) is 20.7. The van der Waals surface area contributed by atoms with Crippen LogP contribution in [0, 0.1) is 24.0 Å². The summed E-state index contributed by atoms with van der Waals surface area (Å²) < 4.78 is 6.70. The van der Waals surface area contributed by atoms with E-state index in [1.807, 2.05) is 37.3 Å². The van der Waals surface area contributed by atoms with Crippen LogP contribution in [-0.2, 0) is 20.7 Å². The number of nitro benzene ring substituents is 1. The van der Waals surface area contributed by atoms with E-state index in [0.717, 1.165) is 11.4 Å². The monoisotopic (exact) mass is 408 g/mol. The number of rotatable bonds is 7. The van der Waals surface area contributed by atoms with E-state index in [1.165, 1.54) is 18.2 Å². The van der Waals surface area contributed by atoms with Crippen molar-refractivity contribution in [3.05, 3.63) is 81.7 Å². The molecule has 1 amide bonds. The summed E-state index contributed by atoms with van der Waals surface area (Å²) in [5.74, 6) is -1.25. The Balaban J connectivity index is 1.61. The van der Waals surface area contributed by atoms with Crippen LogP contribution >= 0.6 is 0 Å². The second-order valence-electron chi connectivity index (χ2n) is 6.56. The average Bonchev–Trinajstić information content (AvgIpc) is 3.01. The fourth-order valence-corrected chi connectivity index (χ4v) is 3.01. The van der Waals surface area contributed by atoms with Gasteiger partial charge in [-0.15, -0.1) is 0 Å². The van der Waals surface area contributed by atoms with Crippen LogP contribution < -0.4 is 5.32 Å². The highest BCUT2D eigenvalue weighted by Crippen LogP contribution is 2.23. The van der Waals surface area contributed by atoms with Crippen LogP contribution in [-0.4, -0.2) is 33.2 Å². The van der Waals surface area contributed by atoms with Crippen LogP contribution in [0.2, 0.25) is 0 Å². The van der Waals surface area contributed by atoms with Gasteiger partial charge in [-0.3, -0.25) is 19.7 Å². The molecule has 0 atom stereocenters. The van der Waals surface area contributed by atoms with E-state index < -0.39 is 23.4 Å². The summed E-state index contributed by atoms with van der Waals surface area (Å²) in [5.41, 5.74) is 2.81. The third kappa shape index (κ3) is 4.69. The summed E-state index contributed by atoms with van der Waals surface area (Å²) in [4.78, 5) is 34.7. The lowest BCUT2D eigenvalue weighted by atomic mass is 10.1. The van der Waals surface area contributed by atoms with Crippen LogP contribution in [0.4, 0.5) is 11.4 Å². The number of ether oxygens (including phenoxy) is 1. The molecule has 0 fully saturated rings. The molecule has 154 valence electrons. The summed E-state index contributed by atoms with van der Waals surface area (Å²) in [7, 11) is 0. The van der Waals surface area contributed by atoms with Crippen molar-refractivity contribution in [2.24, 2.45) is 0 Å². The molecule has 0 aliphatic rings. The highest BCUT2D eigenvalue weighted by Gasteiger charge is 2.19. The molecular formula is C21H20N4O5. The molecule has 3 rings (SSSR count). The van der Waals surface area contributed by atoms with Crippen molar-refractivity contribution in [3.8, 4) is 5.69 Å². The Hall–Kier alpha value is -4.01. The van der Waals surface area contributed by atoms with Crippen LogP contribution in [0.3, 0.4) is 0 Å². The van der Waals surface area contributed by atoms with Gasteiger partial charge in [-0.05, 0) is 26.0 Å². The number of nitrogens with one attached hydrogen (secondary N) is 1. The quantitative estimate of drug-likeness (QED) is 0.365. The molecule has 0 saturated heterocycles. The standard InChI is InChI=1S/C21H20N4O5/c1-14-21(15(2)24(23-14)17-9-4-3-5-10-17)22-19(26)13-30-20(27)12-16-8-6-7-11-18(16)25(28)29/h3-11H,12-13H2,1-2H3,(H,22,26). The molecule has 0 saturated carbocycles.